The lowest BCUT2D eigenvalue weighted by molar-refractivity contribution is 0.276. The highest BCUT2D eigenvalue weighted by atomic mass is 16.5. The van der Waals surface area contributed by atoms with Crippen LogP contribution in [-0.4, -0.2) is 36.9 Å². The van der Waals surface area contributed by atoms with Crippen LogP contribution in [0.15, 0.2) is 48.9 Å². The minimum Gasteiger partial charge on any atom is -0.496 e. The maximum absolute atomic E-state index is 9.39. The molecule has 0 radical (unpaired) electrons. The van der Waals surface area contributed by atoms with Crippen LogP contribution in [0.4, 0.5) is 0 Å². The van der Waals surface area contributed by atoms with Crippen LogP contribution in [-0.2, 0) is 6.61 Å². The minimum atomic E-state index is -0.191. The molecule has 3 aromatic heterocycles. The summed E-state index contributed by atoms with van der Waals surface area (Å²) in [5.41, 5.74) is 10.1. The van der Waals surface area contributed by atoms with E-state index in [-0.39, 0.29) is 12.6 Å². The first-order valence-corrected chi connectivity index (χ1v) is 9.85. The molecule has 0 spiro atoms. The maximum Gasteiger partial charge on any atom is 0.172 e. The van der Waals surface area contributed by atoms with Crippen molar-refractivity contribution in [2.75, 3.05) is 7.11 Å². The number of hydrogen-bond donors (Lipinski definition) is 2. The molecule has 8 heteroatoms. The summed E-state index contributed by atoms with van der Waals surface area (Å²) in [5, 5.41) is 14.7. The highest BCUT2D eigenvalue weighted by molar-refractivity contribution is 5.90. The zero-order chi connectivity index (χ0) is 21.1. The van der Waals surface area contributed by atoms with Gasteiger partial charge in [-0.2, -0.15) is 5.10 Å². The number of methoxy groups -OCH3 is 1. The molecule has 0 aliphatic heterocycles. The molecule has 0 fully saturated rings. The molecule has 1 aromatic carbocycles. The van der Waals surface area contributed by atoms with E-state index in [0.717, 1.165) is 40.7 Å². The van der Waals surface area contributed by atoms with Crippen molar-refractivity contribution in [1.29, 1.82) is 0 Å². The van der Waals surface area contributed by atoms with Gasteiger partial charge in [0.1, 0.15) is 5.75 Å². The summed E-state index contributed by atoms with van der Waals surface area (Å²) in [5.74, 6) is 1.20. The number of fused-ring (bicyclic) bond motifs is 1. The molecule has 0 amide bonds. The predicted octanol–water partition coefficient (Wildman–Crippen LogP) is 3.18. The fourth-order valence-corrected chi connectivity index (χ4v) is 3.44. The van der Waals surface area contributed by atoms with Crippen molar-refractivity contribution in [2.45, 2.75) is 32.4 Å². The third-order valence-electron chi connectivity index (χ3n) is 4.97. The Hall–Kier alpha value is -3.36. The highest BCUT2D eigenvalue weighted by Crippen LogP contribution is 2.33. The van der Waals surface area contributed by atoms with Gasteiger partial charge in [0.2, 0.25) is 0 Å². The number of aromatic nitrogens is 5. The normalized spacial score (nSPS) is 12.3. The Kier molecular flexibility index (Phi) is 5.69. The Balaban J connectivity index is 1.85. The number of rotatable bonds is 7. The van der Waals surface area contributed by atoms with Crippen molar-refractivity contribution in [2.24, 2.45) is 5.73 Å². The van der Waals surface area contributed by atoms with E-state index in [9.17, 15) is 5.11 Å². The molecule has 0 bridgehead atoms. The van der Waals surface area contributed by atoms with Crippen molar-refractivity contribution in [3.05, 3.63) is 60.3 Å². The molecule has 3 N–H and O–H groups in total. The van der Waals surface area contributed by atoms with Crippen LogP contribution in [0, 0.1) is 0 Å². The molecule has 0 aliphatic carbocycles. The first kappa shape index (κ1) is 19.9. The second-order valence-electron chi connectivity index (χ2n) is 7.04. The number of pyridine rings is 1. The Morgan fingerprint density at radius 1 is 1.17 bits per heavy atom. The van der Waals surface area contributed by atoms with E-state index in [4.69, 9.17) is 15.5 Å². The van der Waals surface area contributed by atoms with Gasteiger partial charge < -0.3 is 15.6 Å². The molecule has 1 atom stereocenters. The van der Waals surface area contributed by atoms with Gasteiger partial charge in [0.15, 0.2) is 5.82 Å². The molecule has 8 nitrogen and oxygen atoms in total. The summed E-state index contributed by atoms with van der Waals surface area (Å²) in [7, 11) is 1.63. The van der Waals surface area contributed by atoms with Crippen LogP contribution in [0.5, 0.6) is 5.75 Å². The SMILES string of the molecule is CCC[C@H](N)c1cccc(-c2cc(OC)c3cnn(-c4cncc(CO)n4)c3c2)n1. The molecule has 4 aromatic rings. The van der Waals surface area contributed by atoms with Crippen molar-refractivity contribution >= 4 is 10.9 Å². The molecule has 3 heterocycles. The molecular weight excluding hydrogens is 380 g/mol. The lowest BCUT2D eigenvalue weighted by Gasteiger charge is -2.12. The van der Waals surface area contributed by atoms with Crippen LogP contribution in [0.1, 0.15) is 37.2 Å². The van der Waals surface area contributed by atoms with Gasteiger partial charge in [-0.3, -0.25) is 9.97 Å². The average Bonchev–Trinajstić information content (AvgIpc) is 3.23. The Labute approximate surface area is 174 Å². The van der Waals surface area contributed by atoms with Gasteiger partial charge in [0.05, 0.1) is 60.3 Å². The Morgan fingerprint density at radius 2 is 2.03 bits per heavy atom. The van der Waals surface area contributed by atoms with E-state index < -0.39 is 0 Å². The number of ether oxygens (including phenoxy) is 1. The van der Waals surface area contributed by atoms with Crippen molar-refractivity contribution in [3.63, 3.8) is 0 Å². The number of nitrogens with zero attached hydrogens (tertiary/aromatic N) is 5. The van der Waals surface area contributed by atoms with Crippen molar-refractivity contribution in [3.8, 4) is 22.8 Å². The molecule has 30 heavy (non-hydrogen) atoms. The van der Waals surface area contributed by atoms with Crippen molar-refractivity contribution in [1.82, 2.24) is 24.7 Å². The summed E-state index contributed by atoms with van der Waals surface area (Å²) < 4.78 is 7.30. The quantitative estimate of drug-likeness (QED) is 0.486. The predicted molar refractivity (Wildman–Crippen MR) is 114 cm³/mol. The fraction of sp³-hybridized carbons (Fsp3) is 0.273. The largest absolute Gasteiger partial charge is 0.496 e. The first-order chi connectivity index (χ1) is 14.6. The number of aliphatic hydroxyl groups excluding tert-OH is 1. The van der Waals surface area contributed by atoms with Gasteiger partial charge in [0.25, 0.3) is 0 Å². The van der Waals surface area contributed by atoms with Gasteiger partial charge in [-0.05, 0) is 30.7 Å². The molecule has 0 aliphatic rings. The second-order valence-corrected chi connectivity index (χ2v) is 7.04. The van der Waals surface area contributed by atoms with Gasteiger partial charge in [-0.25, -0.2) is 9.67 Å². The molecule has 4 rings (SSSR count). The first-order valence-electron chi connectivity index (χ1n) is 9.85. The lowest BCUT2D eigenvalue weighted by atomic mass is 10.1. The van der Waals surface area contributed by atoms with Crippen LogP contribution in [0.2, 0.25) is 0 Å². The van der Waals surface area contributed by atoms with Gasteiger partial charge in [-0.15, -0.1) is 0 Å². The molecule has 0 saturated carbocycles. The number of nitrogens with two attached hydrogens (primary N) is 1. The van der Waals surface area contributed by atoms with Gasteiger partial charge >= 0.3 is 0 Å². The van der Waals surface area contributed by atoms with Crippen molar-refractivity contribution < 1.29 is 9.84 Å². The van der Waals surface area contributed by atoms with E-state index in [1.165, 1.54) is 6.20 Å². The van der Waals surface area contributed by atoms with Gasteiger partial charge in [0, 0.05) is 11.6 Å². The number of benzene rings is 1. The lowest BCUT2D eigenvalue weighted by Crippen LogP contribution is -2.11. The second kappa shape index (κ2) is 8.56. The zero-order valence-electron chi connectivity index (χ0n) is 17.0. The summed E-state index contributed by atoms with van der Waals surface area (Å²) >= 11 is 0. The molecule has 154 valence electrons. The number of aliphatic hydroxyl groups is 1. The van der Waals surface area contributed by atoms with E-state index in [2.05, 4.69) is 22.0 Å². The fourth-order valence-electron chi connectivity index (χ4n) is 3.44. The minimum absolute atomic E-state index is 0.0948. The Morgan fingerprint density at radius 3 is 2.80 bits per heavy atom. The summed E-state index contributed by atoms with van der Waals surface area (Å²) in [6.07, 6.45) is 6.74. The van der Waals surface area contributed by atoms with E-state index >= 15 is 0 Å². The standard InChI is InChI=1S/C22H24N6O2/c1-3-5-17(23)19-7-4-6-18(27-19)14-8-20-16(21(9-14)30-2)11-25-28(20)22-12-24-10-15(13-29)26-22/h4,6-12,17,29H,3,5,13,23H2,1-2H3/t17-/m0/s1. The third kappa shape index (κ3) is 3.74. The Bertz CT molecular complexity index is 1170. The summed E-state index contributed by atoms with van der Waals surface area (Å²) in [6.45, 7) is 1.92. The molecule has 0 saturated heterocycles. The molecular formula is C22H24N6O2. The van der Waals surface area contributed by atoms with Crippen LogP contribution < -0.4 is 10.5 Å². The highest BCUT2D eigenvalue weighted by Gasteiger charge is 2.15. The van der Waals surface area contributed by atoms with E-state index in [0.29, 0.717) is 17.3 Å². The average molecular weight is 404 g/mol. The summed E-state index contributed by atoms with van der Waals surface area (Å²) in [6, 6.07) is 9.73. The van der Waals surface area contributed by atoms with Crippen LogP contribution in [0.3, 0.4) is 0 Å². The molecule has 0 unspecified atom stereocenters. The van der Waals surface area contributed by atoms with E-state index in [1.54, 1.807) is 24.2 Å². The zero-order valence-corrected chi connectivity index (χ0v) is 17.0. The summed E-state index contributed by atoms with van der Waals surface area (Å²) in [4.78, 5) is 13.4. The maximum atomic E-state index is 9.39. The van der Waals surface area contributed by atoms with E-state index in [1.807, 2.05) is 30.3 Å². The third-order valence-corrected chi connectivity index (χ3v) is 4.97. The van der Waals surface area contributed by atoms with Crippen LogP contribution in [0.25, 0.3) is 28.0 Å². The monoisotopic (exact) mass is 404 g/mol. The van der Waals surface area contributed by atoms with Gasteiger partial charge in [-0.1, -0.05) is 19.4 Å². The number of hydrogen-bond acceptors (Lipinski definition) is 7. The smallest absolute Gasteiger partial charge is 0.172 e. The van der Waals surface area contributed by atoms with Crippen LogP contribution >= 0.6 is 0 Å². The topological polar surface area (TPSA) is 112 Å².